The van der Waals surface area contributed by atoms with Crippen LogP contribution in [-0.4, -0.2) is 16.6 Å². The summed E-state index contributed by atoms with van der Waals surface area (Å²) in [6.07, 6.45) is -0.675. The molecule has 0 saturated carbocycles. The van der Waals surface area contributed by atoms with Gasteiger partial charge in [-0.25, -0.2) is 0 Å². The van der Waals surface area contributed by atoms with E-state index in [1.807, 2.05) is 23.8 Å². The number of rotatable bonds is 5. The first-order valence-electron chi connectivity index (χ1n) is 5.77. The van der Waals surface area contributed by atoms with Gasteiger partial charge in [0, 0.05) is 12.6 Å². The van der Waals surface area contributed by atoms with Crippen LogP contribution in [0.1, 0.15) is 17.2 Å². The Morgan fingerprint density at radius 2 is 2.26 bits per heavy atom. The molecule has 1 aromatic carbocycles. The van der Waals surface area contributed by atoms with Crippen LogP contribution in [0.5, 0.6) is 0 Å². The van der Waals surface area contributed by atoms with E-state index >= 15 is 0 Å². The van der Waals surface area contributed by atoms with Gasteiger partial charge in [0.1, 0.15) is 5.69 Å². The lowest BCUT2D eigenvalue weighted by Crippen LogP contribution is -2.12. The fourth-order valence-corrected chi connectivity index (χ4v) is 2.45. The van der Waals surface area contributed by atoms with E-state index in [0.29, 0.717) is 5.69 Å². The summed E-state index contributed by atoms with van der Waals surface area (Å²) in [4.78, 5) is 10.5. The van der Waals surface area contributed by atoms with Crippen molar-refractivity contribution in [3.8, 4) is 0 Å². The molecule has 0 spiro atoms. The van der Waals surface area contributed by atoms with Gasteiger partial charge in [0.15, 0.2) is 0 Å². The molecular formula is C13H14N2O3S. The molecule has 0 aliphatic rings. The average Bonchev–Trinajstić information content (AvgIpc) is 2.89. The zero-order valence-electron chi connectivity index (χ0n) is 10.4. The van der Waals surface area contributed by atoms with E-state index in [1.165, 1.54) is 17.4 Å². The first kappa shape index (κ1) is 13.5. The van der Waals surface area contributed by atoms with Crippen LogP contribution < -0.4 is 5.32 Å². The number of nitrogens with one attached hydrogen (secondary N) is 1. The van der Waals surface area contributed by atoms with Gasteiger partial charge >= 0.3 is 0 Å². The number of benzene rings is 1. The van der Waals surface area contributed by atoms with Gasteiger partial charge in [0.25, 0.3) is 5.69 Å². The highest BCUT2D eigenvalue weighted by atomic mass is 32.1. The quantitative estimate of drug-likeness (QED) is 0.651. The second-order valence-corrected chi connectivity index (χ2v) is 5.01. The maximum atomic E-state index is 10.9. The fraction of sp³-hybridized carbons (Fsp3) is 0.231. The summed E-state index contributed by atoms with van der Waals surface area (Å²) < 4.78 is 0. The molecule has 0 radical (unpaired) electrons. The molecule has 0 bridgehead atoms. The molecule has 0 fully saturated rings. The molecule has 0 saturated heterocycles. The molecule has 100 valence electrons. The van der Waals surface area contributed by atoms with Gasteiger partial charge in [-0.05, 0) is 40.9 Å². The lowest BCUT2D eigenvalue weighted by atomic mass is 10.1. The van der Waals surface area contributed by atoms with Gasteiger partial charge in [0.2, 0.25) is 0 Å². The van der Waals surface area contributed by atoms with E-state index < -0.39 is 11.0 Å². The number of hydrogen-bond donors (Lipinski definition) is 2. The minimum absolute atomic E-state index is 0.0168. The van der Waals surface area contributed by atoms with Crippen LogP contribution in [0, 0.1) is 17.0 Å². The zero-order chi connectivity index (χ0) is 13.8. The Labute approximate surface area is 114 Å². The van der Waals surface area contributed by atoms with Crippen LogP contribution in [0.2, 0.25) is 0 Å². The molecule has 5 nitrogen and oxygen atoms in total. The summed E-state index contributed by atoms with van der Waals surface area (Å²) in [6, 6.07) is 6.70. The normalized spacial score (nSPS) is 12.1. The zero-order valence-corrected chi connectivity index (χ0v) is 11.2. The van der Waals surface area contributed by atoms with Crippen molar-refractivity contribution < 1.29 is 10.0 Å². The maximum Gasteiger partial charge on any atom is 0.292 e. The topological polar surface area (TPSA) is 75.4 Å². The molecule has 0 aliphatic carbocycles. The standard InChI is InChI=1S/C13H14N2O3S/c1-9-2-3-12(15(17)18)11(6-9)14-7-13(16)10-4-5-19-8-10/h2-6,8,13-14,16H,7H2,1H3. The van der Waals surface area contributed by atoms with Crippen LogP contribution in [0.4, 0.5) is 11.4 Å². The third-order valence-electron chi connectivity index (χ3n) is 2.76. The minimum atomic E-state index is -0.675. The Bertz CT molecular complexity index is 569. The number of aryl methyl sites for hydroxylation is 1. The van der Waals surface area contributed by atoms with Crippen molar-refractivity contribution >= 4 is 22.7 Å². The third-order valence-corrected chi connectivity index (χ3v) is 3.46. The van der Waals surface area contributed by atoms with Crippen molar-refractivity contribution in [3.63, 3.8) is 0 Å². The van der Waals surface area contributed by atoms with Gasteiger partial charge in [-0.2, -0.15) is 11.3 Å². The highest BCUT2D eigenvalue weighted by Crippen LogP contribution is 2.26. The Balaban J connectivity index is 2.10. The number of nitro groups is 1. The highest BCUT2D eigenvalue weighted by molar-refractivity contribution is 7.07. The predicted octanol–water partition coefficient (Wildman–Crippen LogP) is 3.11. The minimum Gasteiger partial charge on any atom is -0.387 e. The Morgan fingerprint density at radius 1 is 1.47 bits per heavy atom. The number of anilines is 1. The van der Waals surface area contributed by atoms with Gasteiger partial charge in [-0.3, -0.25) is 10.1 Å². The monoisotopic (exact) mass is 278 g/mol. The first-order chi connectivity index (χ1) is 9.08. The summed E-state index contributed by atoms with van der Waals surface area (Å²) in [5, 5.41) is 27.5. The van der Waals surface area contributed by atoms with Gasteiger partial charge in [-0.1, -0.05) is 6.07 Å². The summed E-state index contributed by atoms with van der Waals surface area (Å²) in [7, 11) is 0. The molecule has 1 heterocycles. The molecule has 6 heteroatoms. The number of nitrogens with zero attached hydrogens (tertiary/aromatic N) is 1. The van der Waals surface area contributed by atoms with Crippen molar-refractivity contribution in [3.05, 3.63) is 56.3 Å². The van der Waals surface area contributed by atoms with Crippen LogP contribution in [-0.2, 0) is 0 Å². The van der Waals surface area contributed by atoms with Gasteiger partial charge < -0.3 is 10.4 Å². The van der Waals surface area contributed by atoms with Crippen molar-refractivity contribution in [2.75, 3.05) is 11.9 Å². The number of aliphatic hydroxyl groups is 1. The molecule has 19 heavy (non-hydrogen) atoms. The molecule has 0 aliphatic heterocycles. The summed E-state index contributed by atoms with van der Waals surface area (Å²) in [5.74, 6) is 0. The van der Waals surface area contributed by atoms with Gasteiger partial charge in [-0.15, -0.1) is 0 Å². The SMILES string of the molecule is Cc1ccc([N+](=O)[O-])c(NCC(O)c2ccsc2)c1. The molecule has 0 amide bonds. The van der Waals surface area contributed by atoms with Crippen LogP contribution >= 0.6 is 11.3 Å². The average molecular weight is 278 g/mol. The van der Waals surface area contributed by atoms with E-state index in [4.69, 9.17) is 0 Å². The number of hydrogen-bond acceptors (Lipinski definition) is 5. The van der Waals surface area contributed by atoms with Crippen molar-refractivity contribution in [2.24, 2.45) is 0 Å². The molecule has 1 aromatic heterocycles. The fourth-order valence-electron chi connectivity index (χ4n) is 1.74. The number of aliphatic hydroxyl groups excluding tert-OH is 1. The Hall–Kier alpha value is -1.92. The van der Waals surface area contributed by atoms with E-state index in [9.17, 15) is 15.2 Å². The second-order valence-electron chi connectivity index (χ2n) is 4.23. The summed E-state index contributed by atoms with van der Waals surface area (Å²) in [5.41, 5.74) is 2.19. The Kier molecular flexibility index (Phi) is 4.13. The highest BCUT2D eigenvalue weighted by Gasteiger charge is 2.15. The lowest BCUT2D eigenvalue weighted by Gasteiger charge is -2.12. The van der Waals surface area contributed by atoms with Crippen molar-refractivity contribution in [2.45, 2.75) is 13.0 Å². The first-order valence-corrected chi connectivity index (χ1v) is 6.71. The number of thiophene rings is 1. The van der Waals surface area contributed by atoms with E-state index in [0.717, 1.165) is 11.1 Å². The smallest absolute Gasteiger partial charge is 0.292 e. The molecular weight excluding hydrogens is 264 g/mol. The second kappa shape index (κ2) is 5.81. The van der Waals surface area contributed by atoms with Crippen molar-refractivity contribution in [1.29, 1.82) is 0 Å². The van der Waals surface area contributed by atoms with Crippen molar-refractivity contribution in [1.82, 2.24) is 0 Å². The van der Waals surface area contributed by atoms with Crippen LogP contribution in [0.25, 0.3) is 0 Å². The predicted molar refractivity (Wildman–Crippen MR) is 75.6 cm³/mol. The van der Waals surface area contributed by atoms with E-state index in [2.05, 4.69) is 5.32 Å². The molecule has 2 aromatic rings. The molecule has 1 atom stereocenters. The third kappa shape index (κ3) is 3.30. The molecule has 2 N–H and O–H groups in total. The largest absolute Gasteiger partial charge is 0.387 e. The lowest BCUT2D eigenvalue weighted by molar-refractivity contribution is -0.384. The van der Waals surface area contributed by atoms with Gasteiger partial charge in [0.05, 0.1) is 11.0 Å². The molecule has 2 rings (SSSR count). The maximum absolute atomic E-state index is 10.9. The number of nitro benzene ring substituents is 1. The Morgan fingerprint density at radius 3 is 2.89 bits per heavy atom. The van der Waals surface area contributed by atoms with E-state index in [-0.39, 0.29) is 12.2 Å². The summed E-state index contributed by atoms with van der Waals surface area (Å²) in [6.45, 7) is 2.10. The summed E-state index contributed by atoms with van der Waals surface area (Å²) >= 11 is 1.50. The molecule has 1 unspecified atom stereocenters. The van der Waals surface area contributed by atoms with E-state index in [1.54, 1.807) is 12.1 Å². The van der Waals surface area contributed by atoms with Crippen LogP contribution in [0.15, 0.2) is 35.0 Å². The van der Waals surface area contributed by atoms with Crippen LogP contribution in [0.3, 0.4) is 0 Å².